The molecule has 0 aliphatic heterocycles. The summed E-state index contributed by atoms with van der Waals surface area (Å²) in [5.74, 6) is -1.54. The first kappa shape index (κ1) is 9.79. The maximum absolute atomic E-state index is 12.8. The van der Waals surface area contributed by atoms with Gasteiger partial charge in [-0.2, -0.15) is 0 Å². The number of halogens is 3. The van der Waals surface area contributed by atoms with Crippen LogP contribution in [0, 0.1) is 5.82 Å². The fourth-order valence-electron chi connectivity index (χ4n) is 0.924. The first-order valence-electron chi connectivity index (χ1n) is 3.37. The summed E-state index contributed by atoms with van der Waals surface area (Å²) in [4.78, 5) is 12.5. The largest absolute Gasteiger partial charge is 0.392 e. The summed E-state index contributed by atoms with van der Waals surface area (Å²) in [5.41, 5.74) is -2.56. The molecule has 13 heavy (non-hydrogen) atoms. The Kier molecular flexibility index (Phi) is 2.72. The van der Waals surface area contributed by atoms with E-state index in [0.717, 1.165) is 6.20 Å². The smallest absolute Gasteiger partial charge is 0.284 e. The fourth-order valence-corrected chi connectivity index (χ4v) is 0.924. The van der Waals surface area contributed by atoms with E-state index in [2.05, 4.69) is 0 Å². The third kappa shape index (κ3) is 1.72. The molecule has 1 heterocycles. The molecule has 0 aliphatic carbocycles. The van der Waals surface area contributed by atoms with Crippen LogP contribution in [-0.2, 0) is 6.61 Å². The van der Waals surface area contributed by atoms with Gasteiger partial charge in [0.1, 0.15) is 0 Å². The molecule has 0 aliphatic rings. The van der Waals surface area contributed by atoms with E-state index >= 15 is 0 Å². The van der Waals surface area contributed by atoms with E-state index in [1.54, 1.807) is 0 Å². The number of nitrogens with one attached hydrogen (secondary N) is 1. The van der Waals surface area contributed by atoms with Crippen molar-refractivity contribution in [3.05, 3.63) is 33.5 Å². The Morgan fingerprint density at radius 1 is 1.54 bits per heavy atom. The Morgan fingerprint density at radius 2 is 2.15 bits per heavy atom. The van der Waals surface area contributed by atoms with Gasteiger partial charge in [-0.05, 0) is 0 Å². The van der Waals surface area contributed by atoms with Gasteiger partial charge in [0, 0.05) is 11.8 Å². The van der Waals surface area contributed by atoms with Gasteiger partial charge < -0.3 is 10.1 Å². The standard InChI is InChI=1S/C7H6F3NO2/c8-5-4(6(9)10)3(2-12)1-11-7(5)13/h1,6,12H,2H2,(H,11,13). The van der Waals surface area contributed by atoms with Crippen molar-refractivity contribution in [2.75, 3.05) is 0 Å². The molecule has 1 aromatic heterocycles. The van der Waals surface area contributed by atoms with Gasteiger partial charge in [-0.1, -0.05) is 0 Å². The minimum absolute atomic E-state index is 0.313. The van der Waals surface area contributed by atoms with Gasteiger partial charge in [0.15, 0.2) is 5.82 Å². The lowest BCUT2D eigenvalue weighted by Crippen LogP contribution is -2.16. The molecule has 0 radical (unpaired) electrons. The first-order chi connectivity index (χ1) is 6.07. The van der Waals surface area contributed by atoms with Crippen molar-refractivity contribution < 1.29 is 18.3 Å². The second-order valence-corrected chi connectivity index (χ2v) is 2.33. The lowest BCUT2D eigenvalue weighted by atomic mass is 10.1. The monoisotopic (exact) mass is 193 g/mol. The average molecular weight is 193 g/mol. The molecule has 1 aromatic rings. The van der Waals surface area contributed by atoms with Crippen molar-refractivity contribution in [2.24, 2.45) is 0 Å². The van der Waals surface area contributed by atoms with Gasteiger partial charge in [0.05, 0.1) is 12.2 Å². The number of pyridine rings is 1. The van der Waals surface area contributed by atoms with E-state index in [-0.39, 0.29) is 5.56 Å². The Morgan fingerprint density at radius 3 is 2.62 bits per heavy atom. The highest BCUT2D eigenvalue weighted by molar-refractivity contribution is 5.25. The summed E-state index contributed by atoms with van der Waals surface area (Å²) in [6.45, 7) is -0.743. The van der Waals surface area contributed by atoms with Crippen LogP contribution < -0.4 is 5.56 Å². The molecule has 0 unspecified atom stereocenters. The van der Waals surface area contributed by atoms with Crippen LogP contribution in [-0.4, -0.2) is 10.1 Å². The number of hydrogen-bond donors (Lipinski definition) is 2. The minimum Gasteiger partial charge on any atom is -0.392 e. The molecule has 0 bridgehead atoms. The van der Waals surface area contributed by atoms with Gasteiger partial charge in [0.25, 0.3) is 12.0 Å². The highest BCUT2D eigenvalue weighted by Crippen LogP contribution is 2.23. The molecule has 0 fully saturated rings. The molecule has 0 saturated carbocycles. The van der Waals surface area contributed by atoms with Crippen LogP contribution in [0.1, 0.15) is 17.6 Å². The zero-order valence-corrected chi connectivity index (χ0v) is 6.35. The van der Waals surface area contributed by atoms with Crippen LogP contribution in [0.15, 0.2) is 11.0 Å². The molecule has 0 saturated heterocycles. The predicted molar refractivity (Wildman–Crippen MR) is 37.9 cm³/mol. The van der Waals surface area contributed by atoms with Gasteiger partial charge in [-0.15, -0.1) is 0 Å². The number of hydrogen-bond acceptors (Lipinski definition) is 2. The van der Waals surface area contributed by atoms with Crippen LogP contribution in [0.2, 0.25) is 0 Å². The van der Waals surface area contributed by atoms with Gasteiger partial charge >= 0.3 is 0 Å². The van der Waals surface area contributed by atoms with Crippen molar-refractivity contribution in [3.63, 3.8) is 0 Å². The number of H-pyrrole nitrogens is 1. The lowest BCUT2D eigenvalue weighted by Gasteiger charge is -2.05. The van der Waals surface area contributed by atoms with Crippen molar-refractivity contribution >= 4 is 0 Å². The summed E-state index contributed by atoms with van der Waals surface area (Å²) < 4.78 is 37.1. The van der Waals surface area contributed by atoms with Crippen molar-refractivity contribution in [1.29, 1.82) is 0 Å². The minimum atomic E-state index is -3.11. The number of rotatable bonds is 2. The molecular weight excluding hydrogens is 187 g/mol. The van der Waals surface area contributed by atoms with Gasteiger partial charge in [-0.25, -0.2) is 13.2 Å². The zero-order valence-electron chi connectivity index (χ0n) is 6.35. The molecule has 6 heteroatoms. The van der Waals surface area contributed by atoms with E-state index in [0.29, 0.717) is 0 Å². The van der Waals surface area contributed by atoms with Gasteiger partial charge in [0.2, 0.25) is 0 Å². The molecule has 1 rings (SSSR count). The average Bonchev–Trinajstić information content (AvgIpc) is 2.08. The van der Waals surface area contributed by atoms with Crippen LogP contribution in [0.5, 0.6) is 0 Å². The zero-order chi connectivity index (χ0) is 10.0. The van der Waals surface area contributed by atoms with E-state index < -0.39 is 30.0 Å². The predicted octanol–water partition coefficient (Wildman–Crippen LogP) is 0.944. The van der Waals surface area contributed by atoms with Crippen molar-refractivity contribution in [3.8, 4) is 0 Å². The van der Waals surface area contributed by atoms with E-state index in [1.165, 1.54) is 0 Å². The second kappa shape index (κ2) is 3.61. The lowest BCUT2D eigenvalue weighted by molar-refractivity contribution is 0.141. The van der Waals surface area contributed by atoms with Crippen molar-refractivity contribution in [1.82, 2.24) is 4.98 Å². The van der Waals surface area contributed by atoms with E-state index in [1.807, 2.05) is 4.98 Å². The third-order valence-electron chi connectivity index (χ3n) is 1.55. The summed E-state index contributed by atoms with van der Waals surface area (Å²) >= 11 is 0. The number of alkyl halides is 2. The van der Waals surface area contributed by atoms with Gasteiger partial charge in [-0.3, -0.25) is 4.79 Å². The normalized spacial score (nSPS) is 10.8. The van der Waals surface area contributed by atoms with Crippen LogP contribution in [0.4, 0.5) is 13.2 Å². The van der Waals surface area contributed by atoms with E-state index in [9.17, 15) is 18.0 Å². The first-order valence-corrected chi connectivity index (χ1v) is 3.37. The molecule has 72 valence electrons. The van der Waals surface area contributed by atoms with Crippen LogP contribution in [0.3, 0.4) is 0 Å². The molecule has 0 aromatic carbocycles. The topological polar surface area (TPSA) is 53.1 Å². The van der Waals surface area contributed by atoms with Crippen LogP contribution in [0.25, 0.3) is 0 Å². The Bertz CT molecular complexity index is 361. The third-order valence-corrected chi connectivity index (χ3v) is 1.55. The highest BCUT2D eigenvalue weighted by Gasteiger charge is 2.20. The number of aliphatic hydroxyl groups excluding tert-OH is 1. The highest BCUT2D eigenvalue weighted by atomic mass is 19.3. The maximum Gasteiger partial charge on any atom is 0.284 e. The van der Waals surface area contributed by atoms with Crippen molar-refractivity contribution in [2.45, 2.75) is 13.0 Å². The maximum atomic E-state index is 12.8. The summed E-state index contributed by atoms with van der Waals surface area (Å²) in [7, 11) is 0. The quantitative estimate of drug-likeness (QED) is 0.734. The summed E-state index contributed by atoms with van der Waals surface area (Å²) in [6, 6.07) is 0. The molecular formula is C7H6F3NO2. The number of aromatic amines is 1. The Hall–Kier alpha value is -1.30. The fraction of sp³-hybridized carbons (Fsp3) is 0.286. The SMILES string of the molecule is O=c1[nH]cc(CO)c(C(F)F)c1F. The molecule has 3 nitrogen and oxygen atoms in total. The summed E-state index contributed by atoms with van der Waals surface area (Å²) in [5, 5.41) is 8.56. The van der Waals surface area contributed by atoms with Crippen LogP contribution >= 0.6 is 0 Å². The molecule has 0 spiro atoms. The summed E-state index contributed by atoms with van der Waals surface area (Å²) in [6.07, 6.45) is -2.24. The molecule has 0 amide bonds. The van der Waals surface area contributed by atoms with E-state index in [4.69, 9.17) is 5.11 Å². The number of aromatic nitrogens is 1. The Balaban J connectivity index is 3.41. The second-order valence-electron chi connectivity index (χ2n) is 2.33. The Labute approximate surface area is 70.8 Å². The number of aliphatic hydroxyl groups is 1. The molecule has 0 atom stereocenters. The molecule has 2 N–H and O–H groups in total.